The van der Waals surface area contributed by atoms with Crippen molar-refractivity contribution in [3.05, 3.63) is 71.3 Å². The lowest BCUT2D eigenvalue weighted by molar-refractivity contribution is -0.116. The molecule has 4 nitrogen and oxygen atoms in total. The molecule has 2 aromatic rings. The first-order valence-electron chi connectivity index (χ1n) is 7.64. The molecule has 25 heavy (non-hydrogen) atoms. The van der Waals surface area contributed by atoms with Gasteiger partial charge >= 0.3 is 6.61 Å². The van der Waals surface area contributed by atoms with Crippen molar-refractivity contribution in [2.45, 2.75) is 19.8 Å². The Hall–Kier alpha value is -2.73. The molecule has 2 rings (SSSR count). The summed E-state index contributed by atoms with van der Waals surface area (Å²) < 4.78 is 33.4. The molecular weight excluding hydrogens is 328 g/mol. The van der Waals surface area contributed by atoms with Gasteiger partial charge in [-0.3, -0.25) is 4.79 Å². The number of methoxy groups -OCH3 is 1. The third-order valence-electron chi connectivity index (χ3n) is 3.33. The average molecular weight is 347 g/mol. The van der Waals surface area contributed by atoms with E-state index in [-0.39, 0.29) is 11.7 Å². The summed E-state index contributed by atoms with van der Waals surface area (Å²) in [7, 11) is 1.64. The summed E-state index contributed by atoms with van der Waals surface area (Å²) in [6, 6.07) is 13.8. The van der Waals surface area contributed by atoms with Crippen LogP contribution in [-0.2, 0) is 22.7 Å². The molecule has 0 aliphatic rings. The van der Waals surface area contributed by atoms with Gasteiger partial charge in [0.15, 0.2) is 0 Å². The maximum atomic E-state index is 12.1. The summed E-state index contributed by atoms with van der Waals surface area (Å²) in [5.74, 6) is -0.164. The van der Waals surface area contributed by atoms with Crippen LogP contribution in [0, 0.1) is 0 Å². The van der Waals surface area contributed by atoms with E-state index >= 15 is 0 Å². The van der Waals surface area contributed by atoms with Gasteiger partial charge in [0.2, 0.25) is 5.91 Å². The van der Waals surface area contributed by atoms with Crippen LogP contribution in [0.2, 0.25) is 0 Å². The zero-order valence-electron chi connectivity index (χ0n) is 13.7. The van der Waals surface area contributed by atoms with Gasteiger partial charge in [-0.05, 0) is 34.9 Å². The van der Waals surface area contributed by atoms with Gasteiger partial charge in [-0.2, -0.15) is 8.78 Å². The van der Waals surface area contributed by atoms with Crippen molar-refractivity contribution in [2.24, 2.45) is 0 Å². The van der Waals surface area contributed by atoms with Crippen LogP contribution in [0.5, 0.6) is 5.75 Å². The third-order valence-corrected chi connectivity index (χ3v) is 3.33. The molecule has 0 fully saturated rings. The Balaban J connectivity index is 1.81. The average Bonchev–Trinajstić information content (AvgIpc) is 2.60. The first-order chi connectivity index (χ1) is 12.1. The topological polar surface area (TPSA) is 47.6 Å². The van der Waals surface area contributed by atoms with Crippen molar-refractivity contribution < 1.29 is 23.0 Å². The molecule has 0 saturated heterocycles. The maximum absolute atomic E-state index is 12.1. The second-order valence-electron chi connectivity index (χ2n) is 5.25. The van der Waals surface area contributed by atoms with E-state index in [1.807, 2.05) is 24.3 Å². The molecule has 0 heterocycles. The van der Waals surface area contributed by atoms with Crippen LogP contribution in [0.25, 0.3) is 6.08 Å². The third kappa shape index (κ3) is 6.73. The lowest BCUT2D eigenvalue weighted by atomic mass is 10.1. The van der Waals surface area contributed by atoms with Crippen molar-refractivity contribution in [2.75, 3.05) is 7.11 Å². The second-order valence-corrected chi connectivity index (χ2v) is 5.25. The zero-order valence-corrected chi connectivity index (χ0v) is 13.7. The van der Waals surface area contributed by atoms with Gasteiger partial charge in [0.25, 0.3) is 0 Å². The number of rotatable bonds is 8. The van der Waals surface area contributed by atoms with Gasteiger partial charge in [0.05, 0.1) is 6.61 Å². The zero-order chi connectivity index (χ0) is 18.1. The minimum Gasteiger partial charge on any atom is -0.435 e. The van der Waals surface area contributed by atoms with Crippen molar-refractivity contribution in [1.82, 2.24) is 5.32 Å². The van der Waals surface area contributed by atoms with Crippen LogP contribution < -0.4 is 10.1 Å². The number of ether oxygens (including phenoxy) is 2. The number of nitrogens with one attached hydrogen (secondary N) is 1. The van der Waals surface area contributed by atoms with E-state index in [0.29, 0.717) is 18.7 Å². The molecule has 0 atom stereocenters. The summed E-state index contributed by atoms with van der Waals surface area (Å²) in [5, 5.41) is 2.78. The SMILES string of the molecule is COCc1ccc(CNC(=O)/C=C/c2ccc(OC(F)F)cc2)cc1. The Bertz CT molecular complexity index is 698. The van der Waals surface area contributed by atoms with Crippen LogP contribution in [0.15, 0.2) is 54.6 Å². The fraction of sp³-hybridized carbons (Fsp3) is 0.211. The Morgan fingerprint density at radius 2 is 1.72 bits per heavy atom. The van der Waals surface area contributed by atoms with Crippen molar-refractivity contribution >= 4 is 12.0 Å². The van der Waals surface area contributed by atoms with E-state index in [0.717, 1.165) is 11.1 Å². The summed E-state index contributed by atoms with van der Waals surface area (Å²) >= 11 is 0. The van der Waals surface area contributed by atoms with Crippen molar-refractivity contribution in [3.8, 4) is 5.75 Å². The van der Waals surface area contributed by atoms with E-state index in [1.54, 1.807) is 25.3 Å². The Kier molecular flexibility index (Phi) is 7.10. The van der Waals surface area contributed by atoms with Gasteiger partial charge in [-0.1, -0.05) is 36.4 Å². The highest BCUT2D eigenvalue weighted by Crippen LogP contribution is 2.15. The molecular formula is C19H19F2NO3. The lowest BCUT2D eigenvalue weighted by Gasteiger charge is -2.05. The number of hydrogen-bond acceptors (Lipinski definition) is 3. The summed E-state index contributed by atoms with van der Waals surface area (Å²) in [6.45, 7) is -1.88. The molecule has 1 N–H and O–H groups in total. The predicted molar refractivity (Wildman–Crippen MR) is 91.1 cm³/mol. The van der Waals surface area contributed by atoms with Crippen molar-refractivity contribution in [3.63, 3.8) is 0 Å². The van der Waals surface area contributed by atoms with Crippen molar-refractivity contribution in [1.29, 1.82) is 0 Å². The minimum absolute atomic E-state index is 0.0773. The molecule has 2 aromatic carbocycles. The fourth-order valence-corrected chi connectivity index (χ4v) is 2.10. The minimum atomic E-state index is -2.85. The molecule has 0 saturated carbocycles. The molecule has 0 bridgehead atoms. The van der Waals surface area contributed by atoms with Crippen LogP contribution >= 0.6 is 0 Å². The summed E-state index contributed by atoms with van der Waals surface area (Å²) in [4.78, 5) is 11.8. The number of carbonyl (C=O) groups excluding carboxylic acids is 1. The molecule has 0 aliphatic carbocycles. The molecule has 0 radical (unpaired) electrons. The molecule has 6 heteroatoms. The number of carbonyl (C=O) groups is 1. The number of amides is 1. The normalized spacial score (nSPS) is 11.0. The first-order valence-corrected chi connectivity index (χ1v) is 7.64. The fourth-order valence-electron chi connectivity index (χ4n) is 2.10. The van der Waals surface area contributed by atoms with Crippen LogP contribution in [0.3, 0.4) is 0 Å². The molecule has 0 aliphatic heterocycles. The molecule has 1 amide bonds. The van der Waals surface area contributed by atoms with E-state index in [1.165, 1.54) is 18.2 Å². The number of halogens is 2. The Labute approximate surface area is 145 Å². The van der Waals surface area contributed by atoms with Gasteiger partial charge in [-0.25, -0.2) is 0 Å². The van der Waals surface area contributed by atoms with Gasteiger partial charge in [-0.15, -0.1) is 0 Å². The van der Waals surface area contributed by atoms with Gasteiger partial charge in [0, 0.05) is 19.7 Å². The molecule has 0 unspecified atom stereocenters. The quantitative estimate of drug-likeness (QED) is 0.740. The highest BCUT2D eigenvalue weighted by molar-refractivity contribution is 5.91. The standard InChI is InChI=1S/C19H19F2NO3/c1-24-13-16-4-2-15(3-5-16)12-22-18(23)11-8-14-6-9-17(10-7-14)25-19(20)21/h2-11,19H,12-13H2,1H3,(H,22,23)/b11-8+. The highest BCUT2D eigenvalue weighted by atomic mass is 19.3. The second kappa shape index (κ2) is 9.54. The Morgan fingerprint density at radius 1 is 1.08 bits per heavy atom. The van der Waals surface area contributed by atoms with Gasteiger partial charge in [0.1, 0.15) is 5.75 Å². The van der Waals surface area contributed by atoms with Gasteiger partial charge < -0.3 is 14.8 Å². The molecule has 0 spiro atoms. The number of hydrogen-bond donors (Lipinski definition) is 1. The number of benzene rings is 2. The van der Waals surface area contributed by atoms with E-state index in [2.05, 4.69) is 10.1 Å². The van der Waals surface area contributed by atoms with Crippen LogP contribution in [0.1, 0.15) is 16.7 Å². The Morgan fingerprint density at radius 3 is 2.32 bits per heavy atom. The first kappa shape index (κ1) is 18.6. The van der Waals surface area contributed by atoms with E-state index in [4.69, 9.17) is 4.74 Å². The smallest absolute Gasteiger partial charge is 0.387 e. The van der Waals surface area contributed by atoms with E-state index < -0.39 is 6.61 Å². The monoisotopic (exact) mass is 347 g/mol. The largest absolute Gasteiger partial charge is 0.435 e. The molecule has 132 valence electrons. The lowest BCUT2D eigenvalue weighted by Crippen LogP contribution is -2.20. The van der Waals surface area contributed by atoms with Crippen LogP contribution in [-0.4, -0.2) is 19.6 Å². The maximum Gasteiger partial charge on any atom is 0.387 e. The molecule has 0 aromatic heterocycles. The van der Waals surface area contributed by atoms with E-state index in [9.17, 15) is 13.6 Å². The number of alkyl halides is 2. The summed E-state index contributed by atoms with van der Waals surface area (Å²) in [6.07, 6.45) is 2.99. The predicted octanol–water partition coefficient (Wildman–Crippen LogP) is 3.76. The highest BCUT2D eigenvalue weighted by Gasteiger charge is 2.03. The summed E-state index contributed by atoms with van der Waals surface area (Å²) in [5.41, 5.74) is 2.76. The van der Waals surface area contributed by atoms with Crippen LogP contribution in [0.4, 0.5) is 8.78 Å².